The van der Waals surface area contributed by atoms with Gasteiger partial charge in [-0.1, -0.05) is 20.8 Å². The summed E-state index contributed by atoms with van der Waals surface area (Å²) in [6.45, 7) is 8.84. The van der Waals surface area contributed by atoms with Crippen LogP contribution in [0.25, 0.3) is 0 Å². The van der Waals surface area contributed by atoms with E-state index in [0.717, 1.165) is 37.6 Å². The fourth-order valence-electron chi connectivity index (χ4n) is 2.40. The number of hydrogen-bond acceptors (Lipinski definition) is 3. The van der Waals surface area contributed by atoms with Crippen molar-refractivity contribution >= 4 is 0 Å². The molecule has 0 radical (unpaired) electrons. The second kappa shape index (κ2) is 8.06. The van der Waals surface area contributed by atoms with Gasteiger partial charge in [0.05, 0.1) is 18.8 Å². The average molecular weight is 243 g/mol. The van der Waals surface area contributed by atoms with E-state index in [0.29, 0.717) is 19.3 Å². The van der Waals surface area contributed by atoms with Gasteiger partial charge < -0.3 is 15.2 Å². The zero-order valence-electron chi connectivity index (χ0n) is 11.6. The van der Waals surface area contributed by atoms with Gasteiger partial charge in [-0.3, -0.25) is 0 Å². The Kier molecular flexibility index (Phi) is 7.09. The van der Waals surface area contributed by atoms with Gasteiger partial charge in [0.25, 0.3) is 0 Å². The molecular formula is C14H29NO2. The maximum absolute atomic E-state index is 9.74. The molecule has 0 saturated heterocycles. The molecule has 1 rings (SSSR count). The average Bonchev–Trinajstić information content (AvgIpc) is 2.31. The lowest BCUT2D eigenvalue weighted by molar-refractivity contribution is -0.0381. The van der Waals surface area contributed by atoms with Crippen molar-refractivity contribution in [2.24, 2.45) is 11.8 Å². The molecular weight excluding hydrogens is 214 g/mol. The van der Waals surface area contributed by atoms with E-state index in [2.05, 4.69) is 26.1 Å². The van der Waals surface area contributed by atoms with Gasteiger partial charge in [-0.25, -0.2) is 0 Å². The van der Waals surface area contributed by atoms with E-state index in [1.54, 1.807) is 0 Å². The van der Waals surface area contributed by atoms with Gasteiger partial charge in [0.2, 0.25) is 0 Å². The molecule has 102 valence electrons. The lowest BCUT2D eigenvalue weighted by Gasteiger charge is -2.32. The van der Waals surface area contributed by atoms with Crippen LogP contribution in [-0.4, -0.2) is 37.0 Å². The summed E-state index contributed by atoms with van der Waals surface area (Å²) in [5.74, 6) is 1.58. The molecule has 0 aromatic carbocycles. The van der Waals surface area contributed by atoms with Crippen LogP contribution in [0.1, 0.15) is 46.5 Å². The third-order valence-electron chi connectivity index (χ3n) is 3.88. The molecule has 1 fully saturated rings. The monoisotopic (exact) mass is 243 g/mol. The van der Waals surface area contributed by atoms with E-state index in [-0.39, 0.29) is 6.10 Å². The Morgan fingerprint density at radius 1 is 1.29 bits per heavy atom. The molecule has 0 aromatic heterocycles. The van der Waals surface area contributed by atoms with Gasteiger partial charge in [-0.2, -0.15) is 0 Å². The molecule has 3 heteroatoms. The van der Waals surface area contributed by atoms with Crippen molar-refractivity contribution in [3.63, 3.8) is 0 Å². The number of aliphatic hydroxyl groups is 1. The largest absolute Gasteiger partial charge is 0.389 e. The quantitative estimate of drug-likeness (QED) is 0.674. The highest BCUT2D eigenvalue weighted by atomic mass is 16.5. The summed E-state index contributed by atoms with van der Waals surface area (Å²) < 4.78 is 5.80. The summed E-state index contributed by atoms with van der Waals surface area (Å²) in [7, 11) is 0. The molecule has 0 aliphatic heterocycles. The second-order valence-electron chi connectivity index (χ2n) is 5.58. The van der Waals surface area contributed by atoms with Crippen LogP contribution in [0, 0.1) is 11.8 Å². The lowest BCUT2D eigenvalue weighted by atomic mass is 9.80. The van der Waals surface area contributed by atoms with Crippen LogP contribution in [0.2, 0.25) is 0 Å². The van der Waals surface area contributed by atoms with Crippen molar-refractivity contribution in [1.29, 1.82) is 0 Å². The summed E-state index contributed by atoms with van der Waals surface area (Å²) in [5.41, 5.74) is 0. The molecule has 0 bridgehead atoms. The molecule has 1 aliphatic rings. The molecule has 0 amide bonds. The Balaban J connectivity index is 2.09. The Morgan fingerprint density at radius 3 is 2.71 bits per heavy atom. The van der Waals surface area contributed by atoms with Crippen LogP contribution in [0.5, 0.6) is 0 Å². The van der Waals surface area contributed by atoms with Gasteiger partial charge >= 0.3 is 0 Å². The van der Waals surface area contributed by atoms with Crippen LogP contribution in [0.4, 0.5) is 0 Å². The van der Waals surface area contributed by atoms with Crippen molar-refractivity contribution in [2.45, 2.75) is 58.7 Å². The highest BCUT2D eigenvalue weighted by molar-refractivity contribution is 4.76. The molecule has 0 heterocycles. The maximum atomic E-state index is 9.74. The third-order valence-corrected chi connectivity index (χ3v) is 3.88. The highest BCUT2D eigenvalue weighted by Gasteiger charge is 2.25. The highest BCUT2D eigenvalue weighted by Crippen LogP contribution is 2.30. The maximum Gasteiger partial charge on any atom is 0.0897 e. The topological polar surface area (TPSA) is 41.5 Å². The lowest BCUT2D eigenvalue weighted by Crippen LogP contribution is -2.34. The first-order valence-corrected chi connectivity index (χ1v) is 7.13. The first-order chi connectivity index (χ1) is 8.13. The molecule has 4 atom stereocenters. The SMILES string of the molecule is CCCNCC(O)COC1CCC(C)C(C)C1. The summed E-state index contributed by atoms with van der Waals surface area (Å²) in [5, 5.41) is 12.9. The molecule has 1 saturated carbocycles. The third kappa shape index (κ3) is 5.84. The number of rotatable bonds is 7. The fraction of sp³-hybridized carbons (Fsp3) is 1.00. The minimum absolute atomic E-state index is 0.363. The second-order valence-corrected chi connectivity index (χ2v) is 5.58. The number of hydrogen-bond donors (Lipinski definition) is 2. The molecule has 17 heavy (non-hydrogen) atoms. The zero-order chi connectivity index (χ0) is 12.7. The van der Waals surface area contributed by atoms with Gasteiger partial charge in [0.1, 0.15) is 0 Å². The van der Waals surface area contributed by atoms with E-state index in [1.807, 2.05) is 0 Å². The first kappa shape index (κ1) is 14.9. The predicted molar refractivity (Wildman–Crippen MR) is 71.1 cm³/mol. The Labute approximate surface area is 106 Å². The molecule has 1 aliphatic carbocycles. The Hall–Kier alpha value is -0.120. The number of nitrogens with one attached hydrogen (secondary N) is 1. The minimum atomic E-state index is -0.365. The van der Waals surface area contributed by atoms with E-state index in [4.69, 9.17) is 4.74 Å². The van der Waals surface area contributed by atoms with E-state index >= 15 is 0 Å². The van der Waals surface area contributed by atoms with Crippen LogP contribution < -0.4 is 5.32 Å². The van der Waals surface area contributed by atoms with Gasteiger partial charge in [-0.15, -0.1) is 0 Å². The van der Waals surface area contributed by atoms with Gasteiger partial charge in [-0.05, 0) is 44.1 Å². The zero-order valence-corrected chi connectivity index (χ0v) is 11.6. The summed E-state index contributed by atoms with van der Waals surface area (Å²) >= 11 is 0. The van der Waals surface area contributed by atoms with Gasteiger partial charge in [0.15, 0.2) is 0 Å². The first-order valence-electron chi connectivity index (χ1n) is 7.13. The van der Waals surface area contributed by atoms with E-state index < -0.39 is 0 Å². The standard InChI is InChI=1S/C14H29NO2/c1-4-7-15-9-13(16)10-17-14-6-5-11(2)12(3)8-14/h11-16H,4-10H2,1-3H3. The summed E-state index contributed by atoms with van der Waals surface area (Å²) in [6, 6.07) is 0. The fourth-order valence-corrected chi connectivity index (χ4v) is 2.40. The predicted octanol–water partition coefficient (Wildman–Crippen LogP) is 2.19. The van der Waals surface area contributed by atoms with E-state index in [9.17, 15) is 5.11 Å². The van der Waals surface area contributed by atoms with Crippen LogP contribution >= 0.6 is 0 Å². The van der Waals surface area contributed by atoms with Crippen LogP contribution in [0.15, 0.2) is 0 Å². The van der Waals surface area contributed by atoms with Crippen molar-refractivity contribution in [3.8, 4) is 0 Å². The van der Waals surface area contributed by atoms with Crippen molar-refractivity contribution < 1.29 is 9.84 Å². The number of aliphatic hydroxyl groups excluding tert-OH is 1. The van der Waals surface area contributed by atoms with Crippen LogP contribution in [-0.2, 0) is 4.74 Å². The molecule has 0 aromatic rings. The minimum Gasteiger partial charge on any atom is -0.389 e. The van der Waals surface area contributed by atoms with E-state index in [1.165, 1.54) is 6.42 Å². The van der Waals surface area contributed by atoms with Crippen molar-refractivity contribution in [3.05, 3.63) is 0 Å². The molecule has 0 spiro atoms. The molecule has 2 N–H and O–H groups in total. The number of ether oxygens (including phenoxy) is 1. The normalized spacial score (nSPS) is 31.4. The van der Waals surface area contributed by atoms with Crippen molar-refractivity contribution in [2.75, 3.05) is 19.7 Å². The Bertz CT molecular complexity index is 199. The summed E-state index contributed by atoms with van der Waals surface area (Å²) in [4.78, 5) is 0. The molecule has 4 unspecified atom stereocenters. The van der Waals surface area contributed by atoms with Crippen molar-refractivity contribution in [1.82, 2.24) is 5.32 Å². The molecule has 3 nitrogen and oxygen atoms in total. The van der Waals surface area contributed by atoms with Gasteiger partial charge in [0, 0.05) is 6.54 Å². The Morgan fingerprint density at radius 2 is 2.06 bits per heavy atom. The summed E-state index contributed by atoms with van der Waals surface area (Å²) in [6.07, 6.45) is 4.66. The smallest absolute Gasteiger partial charge is 0.0897 e. The van der Waals surface area contributed by atoms with Crippen LogP contribution in [0.3, 0.4) is 0 Å².